The Bertz CT molecular complexity index is 1210. The molecule has 4 aromatic rings. The van der Waals surface area contributed by atoms with E-state index in [9.17, 15) is 18.0 Å². The topological polar surface area (TPSA) is 86.2 Å². The van der Waals surface area contributed by atoms with Crippen LogP contribution in [0, 0.1) is 17.5 Å². The van der Waals surface area contributed by atoms with E-state index < -0.39 is 23.2 Å². The van der Waals surface area contributed by atoms with E-state index in [4.69, 9.17) is 5.73 Å². The maximum atomic E-state index is 14.3. The van der Waals surface area contributed by atoms with Gasteiger partial charge in [-0.25, -0.2) is 23.1 Å². The monoisotopic (exact) mass is 369 g/mol. The number of benzene rings is 1. The Morgan fingerprint density at radius 3 is 2.56 bits per heavy atom. The van der Waals surface area contributed by atoms with E-state index in [1.54, 1.807) is 0 Å². The Balaban J connectivity index is 1.82. The number of hydrogen-bond donors (Lipinski definition) is 1. The highest BCUT2D eigenvalue weighted by Gasteiger charge is 2.20. The molecule has 0 atom stereocenters. The highest BCUT2D eigenvalue weighted by atomic mass is 19.2. The smallest absolute Gasteiger partial charge is 0.214 e. The molecule has 0 aliphatic heterocycles. The van der Waals surface area contributed by atoms with Crippen LogP contribution >= 0.6 is 0 Å². The number of pyridine rings is 1. The molecular formula is C18H10F3N5O. The zero-order chi connectivity index (χ0) is 19.1. The third kappa shape index (κ3) is 2.78. The summed E-state index contributed by atoms with van der Waals surface area (Å²) in [5, 5.41) is 0. The fraction of sp³-hybridized carbons (Fsp3) is 0. The maximum Gasteiger partial charge on any atom is 0.214 e. The van der Waals surface area contributed by atoms with E-state index in [1.807, 2.05) is 0 Å². The first kappa shape index (κ1) is 16.7. The number of carbonyl (C=O) groups is 1. The first-order valence-corrected chi connectivity index (χ1v) is 7.69. The van der Waals surface area contributed by atoms with Gasteiger partial charge in [0.2, 0.25) is 5.78 Å². The lowest BCUT2D eigenvalue weighted by Gasteiger charge is -2.07. The zero-order valence-corrected chi connectivity index (χ0v) is 13.5. The zero-order valence-electron chi connectivity index (χ0n) is 13.5. The molecule has 0 saturated heterocycles. The number of nitrogen functional groups attached to an aromatic ring is 1. The van der Waals surface area contributed by atoms with Gasteiger partial charge in [-0.1, -0.05) is 0 Å². The van der Waals surface area contributed by atoms with Crippen molar-refractivity contribution in [1.82, 2.24) is 19.4 Å². The number of halogens is 3. The summed E-state index contributed by atoms with van der Waals surface area (Å²) in [6, 6.07) is 4.31. The molecule has 27 heavy (non-hydrogen) atoms. The first-order valence-electron chi connectivity index (χ1n) is 7.69. The van der Waals surface area contributed by atoms with Crippen molar-refractivity contribution < 1.29 is 18.0 Å². The summed E-state index contributed by atoms with van der Waals surface area (Å²) in [4.78, 5) is 24.6. The van der Waals surface area contributed by atoms with Crippen molar-refractivity contribution in [2.75, 3.05) is 5.73 Å². The number of nitrogens with zero attached hydrogens (tertiary/aromatic N) is 4. The van der Waals surface area contributed by atoms with E-state index in [1.165, 1.54) is 35.1 Å². The SMILES string of the molecule is Nc1nccn2c(C(=O)c3cc(-c4ccc(F)c(F)c4)ncc3F)cnc12. The molecule has 0 aliphatic carbocycles. The van der Waals surface area contributed by atoms with Crippen LogP contribution < -0.4 is 5.73 Å². The summed E-state index contributed by atoms with van der Waals surface area (Å²) in [6.45, 7) is 0. The summed E-state index contributed by atoms with van der Waals surface area (Å²) in [5.41, 5.74) is 6.07. The minimum Gasteiger partial charge on any atom is -0.381 e. The van der Waals surface area contributed by atoms with Crippen LogP contribution in [0.3, 0.4) is 0 Å². The van der Waals surface area contributed by atoms with E-state index in [-0.39, 0.29) is 34.0 Å². The van der Waals surface area contributed by atoms with Gasteiger partial charge in [-0.15, -0.1) is 0 Å². The number of ketones is 1. The number of nitrogens with two attached hydrogens (primary N) is 1. The molecule has 0 fully saturated rings. The Morgan fingerprint density at radius 2 is 1.78 bits per heavy atom. The Morgan fingerprint density at radius 1 is 0.963 bits per heavy atom. The van der Waals surface area contributed by atoms with Crippen molar-refractivity contribution in [1.29, 1.82) is 0 Å². The van der Waals surface area contributed by atoms with Gasteiger partial charge in [0.15, 0.2) is 28.9 Å². The van der Waals surface area contributed by atoms with Gasteiger partial charge in [-0.3, -0.25) is 14.2 Å². The van der Waals surface area contributed by atoms with Gasteiger partial charge < -0.3 is 5.73 Å². The quantitative estimate of drug-likeness (QED) is 0.561. The second-order valence-electron chi connectivity index (χ2n) is 5.66. The lowest BCUT2D eigenvalue weighted by molar-refractivity contribution is 0.102. The summed E-state index contributed by atoms with van der Waals surface area (Å²) < 4.78 is 42.2. The van der Waals surface area contributed by atoms with Crippen LogP contribution in [-0.4, -0.2) is 25.1 Å². The fourth-order valence-electron chi connectivity index (χ4n) is 2.67. The second kappa shape index (κ2) is 6.20. The van der Waals surface area contributed by atoms with Gasteiger partial charge in [0.05, 0.1) is 23.7 Å². The molecule has 4 rings (SSSR count). The van der Waals surface area contributed by atoms with Gasteiger partial charge in [0.25, 0.3) is 0 Å². The Labute approximate surface area is 150 Å². The number of fused-ring (bicyclic) bond motifs is 1. The van der Waals surface area contributed by atoms with Gasteiger partial charge >= 0.3 is 0 Å². The maximum absolute atomic E-state index is 14.3. The van der Waals surface area contributed by atoms with Crippen LogP contribution in [0.1, 0.15) is 16.1 Å². The summed E-state index contributed by atoms with van der Waals surface area (Å²) >= 11 is 0. The lowest BCUT2D eigenvalue weighted by Crippen LogP contribution is -2.09. The Hall–Kier alpha value is -3.75. The minimum absolute atomic E-state index is 0.0698. The number of rotatable bonds is 3. The number of carbonyl (C=O) groups excluding carboxylic acids is 1. The van der Waals surface area contributed by atoms with Crippen LogP contribution in [0.15, 0.2) is 49.1 Å². The standard InChI is InChI=1S/C18H10F3N5O/c19-11-2-1-9(5-12(11)20)14-6-10(13(21)7-24-14)16(27)15-8-25-18-17(22)23-3-4-26(15)18/h1-8H,(H2,22,23). The lowest BCUT2D eigenvalue weighted by atomic mass is 10.0. The highest BCUT2D eigenvalue weighted by molar-refractivity contribution is 6.09. The van der Waals surface area contributed by atoms with Gasteiger partial charge in [0.1, 0.15) is 5.69 Å². The molecular weight excluding hydrogens is 359 g/mol. The summed E-state index contributed by atoms with van der Waals surface area (Å²) in [5.74, 6) is -3.50. The van der Waals surface area contributed by atoms with E-state index in [2.05, 4.69) is 15.0 Å². The average molecular weight is 369 g/mol. The molecule has 0 radical (unpaired) electrons. The molecule has 134 valence electrons. The predicted octanol–water partition coefficient (Wildman–Crippen LogP) is 3.02. The molecule has 0 bridgehead atoms. The molecule has 3 aromatic heterocycles. The summed E-state index contributed by atoms with van der Waals surface area (Å²) in [6.07, 6.45) is 4.97. The largest absolute Gasteiger partial charge is 0.381 e. The fourth-order valence-corrected chi connectivity index (χ4v) is 2.67. The van der Waals surface area contributed by atoms with Crippen LogP contribution in [0.5, 0.6) is 0 Å². The second-order valence-corrected chi connectivity index (χ2v) is 5.66. The third-order valence-electron chi connectivity index (χ3n) is 4.00. The van der Waals surface area contributed by atoms with Crippen molar-refractivity contribution in [3.63, 3.8) is 0 Å². The normalized spacial score (nSPS) is 11.1. The number of hydrogen-bond acceptors (Lipinski definition) is 5. The van der Waals surface area contributed by atoms with Crippen molar-refractivity contribution >= 4 is 17.2 Å². The van der Waals surface area contributed by atoms with Crippen molar-refractivity contribution in [2.24, 2.45) is 0 Å². The van der Waals surface area contributed by atoms with E-state index in [0.717, 1.165) is 18.3 Å². The Kier molecular flexibility index (Phi) is 3.84. The molecule has 0 unspecified atom stereocenters. The van der Waals surface area contributed by atoms with Crippen LogP contribution in [0.4, 0.5) is 19.0 Å². The first-order chi connectivity index (χ1) is 13.0. The molecule has 6 nitrogen and oxygen atoms in total. The molecule has 9 heteroatoms. The van der Waals surface area contributed by atoms with Gasteiger partial charge in [-0.05, 0) is 24.3 Å². The summed E-state index contributed by atoms with van der Waals surface area (Å²) in [7, 11) is 0. The average Bonchev–Trinajstić information content (AvgIpc) is 3.09. The highest BCUT2D eigenvalue weighted by Crippen LogP contribution is 2.24. The van der Waals surface area contributed by atoms with Gasteiger partial charge in [-0.2, -0.15) is 0 Å². The van der Waals surface area contributed by atoms with Crippen molar-refractivity contribution in [3.8, 4) is 11.3 Å². The molecule has 0 aliphatic rings. The third-order valence-corrected chi connectivity index (χ3v) is 4.00. The molecule has 0 amide bonds. The molecule has 0 spiro atoms. The number of anilines is 1. The number of aromatic nitrogens is 4. The van der Waals surface area contributed by atoms with Crippen molar-refractivity contribution in [2.45, 2.75) is 0 Å². The van der Waals surface area contributed by atoms with Crippen LogP contribution in [0.2, 0.25) is 0 Å². The molecule has 1 aromatic carbocycles. The molecule has 3 heterocycles. The minimum atomic E-state index is -1.07. The van der Waals surface area contributed by atoms with E-state index in [0.29, 0.717) is 0 Å². The molecule has 2 N–H and O–H groups in total. The predicted molar refractivity (Wildman–Crippen MR) is 90.4 cm³/mol. The van der Waals surface area contributed by atoms with Crippen LogP contribution in [0.25, 0.3) is 16.9 Å². The van der Waals surface area contributed by atoms with Gasteiger partial charge in [0, 0.05) is 18.0 Å². The van der Waals surface area contributed by atoms with E-state index >= 15 is 0 Å². The number of imidazole rings is 1. The van der Waals surface area contributed by atoms with Crippen molar-refractivity contribution in [3.05, 3.63) is 77.8 Å². The van der Waals surface area contributed by atoms with Crippen LogP contribution in [-0.2, 0) is 0 Å². The molecule has 0 saturated carbocycles.